The summed E-state index contributed by atoms with van der Waals surface area (Å²) in [6.07, 6.45) is 1.90. The number of aromatic nitrogens is 1. The maximum absolute atomic E-state index is 11.7. The number of nitrogens with zero attached hydrogens (tertiary/aromatic N) is 3. The van der Waals surface area contributed by atoms with Crippen molar-refractivity contribution in [2.24, 2.45) is 0 Å². The number of carbonyl (C=O) groups excluding carboxylic acids is 1. The van der Waals surface area contributed by atoms with Gasteiger partial charge in [0.25, 0.3) is 5.56 Å². The van der Waals surface area contributed by atoms with E-state index in [4.69, 9.17) is 5.26 Å². The Hall–Kier alpha value is -2.09. The van der Waals surface area contributed by atoms with Gasteiger partial charge in [0.1, 0.15) is 6.54 Å². The first-order valence-electron chi connectivity index (χ1n) is 5.32. The van der Waals surface area contributed by atoms with Gasteiger partial charge in [-0.15, -0.1) is 0 Å². The smallest absolute Gasteiger partial charge is 0.251 e. The number of rotatable bonds is 4. The lowest BCUT2D eigenvalue weighted by Gasteiger charge is -2.16. The number of carbonyl (C=O) groups is 1. The summed E-state index contributed by atoms with van der Waals surface area (Å²) in [6.45, 7) is 2.23. The molecule has 5 heteroatoms. The Morgan fingerprint density at radius 1 is 1.59 bits per heavy atom. The predicted octanol–water partition coefficient (Wildman–Crippen LogP) is 0.529. The molecule has 1 amide bonds. The summed E-state index contributed by atoms with van der Waals surface area (Å²) in [7, 11) is 1.62. The number of likely N-dealkylation sites (N-methyl/N-ethyl adjacent to an activating group) is 1. The summed E-state index contributed by atoms with van der Waals surface area (Å²) in [4.78, 5) is 24.7. The zero-order valence-electron chi connectivity index (χ0n) is 10.0. The molecule has 90 valence electrons. The van der Waals surface area contributed by atoms with Gasteiger partial charge in [0.15, 0.2) is 0 Å². The Labute approximate surface area is 99.9 Å². The molecule has 0 saturated heterocycles. The third kappa shape index (κ3) is 3.76. The molecule has 0 spiro atoms. The topological polar surface area (TPSA) is 66.1 Å². The van der Waals surface area contributed by atoms with Crippen LogP contribution < -0.4 is 5.56 Å². The molecule has 0 aliphatic rings. The quantitative estimate of drug-likeness (QED) is 0.761. The molecule has 1 heterocycles. The SMILES string of the molecule is Cc1ccn(CC(=O)N(C)CCC#N)c(=O)c1. The minimum atomic E-state index is -0.188. The summed E-state index contributed by atoms with van der Waals surface area (Å²) in [5.74, 6) is -0.175. The van der Waals surface area contributed by atoms with E-state index in [0.29, 0.717) is 13.0 Å². The van der Waals surface area contributed by atoms with E-state index in [1.54, 1.807) is 19.3 Å². The number of hydrogen-bond acceptors (Lipinski definition) is 3. The summed E-state index contributed by atoms with van der Waals surface area (Å²) < 4.78 is 1.36. The van der Waals surface area contributed by atoms with Gasteiger partial charge < -0.3 is 9.47 Å². The number of pyridine rings is 1. The first-order valence-corrected chi connectivity index (χ1v) is 5.32. The lowest BCUT2D eigenvalue weighted by molar-refractivity contribution is -0.130. The highest BCUT2D eigenvalue weighted by atomic mass is 16.2. The van der Waals surface area contributed by atoms with E-state index in [9.17, 15) is 9.59 Å². The van der Waals surface area contributed by atoms with E-state index >= 15 is 0 Å². The first-order chi connectivity index (χ1) is 8.04. The van der Waals surface area contributed by atoms with Gasteiger partial charge in [-0.1, -0.05) is 0 Å². The molecule has 0 bridgehead atoms. The van der Waals surface area contributed by atoms with Gasteiger partial charge in [0, 0.05) is 25.9 Å². The Morgan fingerprint density at radius 3 is 2.88 bits per heavy atom. The lowest BCUT2D eigenvalue weighted by atomic mass is 10.3. The van der Waals surface area contributed by atoms with Crippen LogP contribution >= 0.6 is 0 Å². The zero-order valence-corrected chi connectivity index (χ0v) is 10.0. The van der Waals surface area contributed by atoms with E-state index < -0.39 is 0 Å². The first kappa shape index (κ1) is 13.0. The average Bonchev–Trinajstić information content (AvgIpc) is 2.29. The molecule has 5 nitrogen and oxygen atoms in total. The van der Waals surface area contributed by atoms with Gasteiger partial charge >= 0.3 is 0 Å². The van der Waals surface area contributed by atoms with Gasteiger partial charge in [0.05, 0.1) is 12.5 Å². The summed E-state index contributed by atoms with van der Waals surface area (Å²) in [5.41, 5.74) is 0.684. The van der Waals surface area contributed by atoms with Crippen molar-refractivity contribution in [2.45, 2.75) is 19.9 Å². The van der Waals surface area contributed by atoms with Crippen molar-refractivity contribution in [1.82, 2.24) is 9.47 Å². The van der Waals surface area contributed by atoms with Crippen LogP contribution in [0, 0.1) is 18.3 Å². The fraction of sp³-hybridized carbons (Fsp3) is 0.417. The van der Waals surface area contributed by atoms with Crippen LogP contribution in [0.15, 0.2) is 23.1 Å². The monoisotopic (exact) mass is 233 g/mol. The number of amides is 1. The largest absolute Gasteiger partial charge is 0.343 e. The second-order valence-corrected chi connectivity index (χ2v) is 3.89. The molecular weight excluding hydrogens is 218 g/mol. The third-order valence-corrected chi connectivity index (χ3v) is 2.44. The van der Waals surface area contributed by atoms with Crippen LogP contribution in [0.3, 0.4) is 0 Å². The standard InChI is InChI=1S/C12H15N3O2/c1-10-4-7-15(11(16)8-10)9-12(17)14(2)6-3-5-13/h4,7-8H,3,6,9H2,1-2H3. The maximum Gasteiger partial charge on any atom is 0.251 e. The van der Waals surface area contributed by atoms with Crippen LogP contribution in [0.2, 0.25) is 0 Å². The molecule has 0 aliphatic heterocycles. The highest BCUT2D eigenvalue weighted by molar-refractivity contribution is 5.75. The van der Waals surface area contributed by atoms with E-state index in [1.165, 1.54) is 15.5 Å². The van der Waals surface area contributed by atoms with Crippen molar-refractivity contribution in [3.8, 4) is 6.07 Å². The summed E-state index contributed by atoms with van der Waals surface area (Å²) in [5, 5.41) is 8.42. The van der Waals surface area contributed by atoms with Crippen LogP contribution in [0.1, 0.15) is 12.0 Å². The zero-order chi connectivity index (χ0) is 12.8. The second kappa shape index (κ2) is 5.85. The molecule has 1 rings (SSSR count). The van der Waals surface area contributed by atoms with Crippen LogP contribution in [0.5, 0.6) is 0 Å². The molecule has 0 N–H and O–H groups in total. The minimum Gasteiger partial charge on any atom is -0.343 e. The van der Waals surface area contributed by atoms with Crippen molar-refractivity contribution in [3.63, 3.8) is 0 Å². The minimum absolute atomic E-state index is 0.0149. The molecule has 0 saturated carbocycles. The summed E-state index contributed by atoms with van der Waals surface area (Å²) in [6, 6.07) is 5.24. The number of nitriles is 1. The number of hydrogen-bond donors (Lipinski definition) is 0. The van der Waals surface area contributed by atoms with Crippen molar-refractivity contribution in [3.05, 3.63) is 34.2 Å². The van der Waals surface area contributed by atoms with Crippen molar-refractivity contribution >= 4 is 5.91 Å². The molecule has 0 aliphatic carbocycles. The molecule has 1 aromatic heterocycles. The molecule has 17 heavy (non-hydrogen) atoms. The number of aryl methyl sites for hydroxylation is 1. The van der Waals surface area contributed by atoms with Crippen LogP contribution in [-0.2, 0) is 11.3 Å². The molecule has 0 atom stereocenters. The third-order valence-electron chi connectivity index (χ3n) is 2.44. The molecule has 0 unspecified atom stereocenters. The van der Waals surface area contributed by atoms with Crippen molar-refractivity contribution in [1.29, 1.82) is 5.26 Å². The van der Waals surface area contributed by atoms with Gasteiger partial charge in [0.2, 0.25) is 5.91 Å². The molecule has 0 radical (unpaired) electrons. The van der Waals surface area contributed by atoms with Crippen LogP contribution in [0.25, 0.3) is 0 Å². The molecular formula is C12H15N3O2. The Balaban J connectivity index is 2.68. The average molecular weight is 233 g/mol. The molecule has 1 aromatic rings. The maximum atomic E-state index is 11.7. The highest BCUT2D eigenvalue weighted by Crippen LogP contribution is 1.94. The van der Waals surface area contributed by atoms with Gasteiger partial charge in [-0.25, -0.2) is 0 Å². The van der Waals surface area contributed by atoms with Crippen LogP contribution in [0.4, 0.5) is 0 Å². The normalized spacial score (nSPS) is 9.71. The second-order valence-electron chi connectivity index (χ2n) is 3.89. The van der Waals surface area contributed by atoms with E-state index in [2.05, 4.69) is 0 Å². The van der Waals surface area contributed by atoms with E-state index in [-0.39, 0.29) is 18.0 Å². The summed E-state index contributed by atoms with van der Waals surface area (Å²) >= 11 is 0. The Morgan fingerprint density at radius 2 is 2.29 bits per heavy atom. The fourth-order valence-electron chi connectivity index (χ4n) is 1.35. The Kier molecular flexibility index (Phi) is 4.46. The van der Waals surface area contributed by atoms with Crippen LogP contribution in [-0.4, -0.2) is 29.0 Å². The van der Waals surface area contributed by atoms with E-state index in [1.807, 2.05) is 13.0 Å². The van der Waals surface area contributed by atoms with Crippen molar-refractivity contribution in [2.75, 3.05) is 13.6 Å². The van der Waals surface area contributed by atoms with Gasteiger partial charge in [-0.2, -0.15) is 5.26 Å². The lowest BCUT2D eigenvalue weighted by Crippen LogP contribution is -2.34. The highest BCUT2D eigenvalue weighted by Gasteiger charge is 2.09. The molecule has 0 fully saturated rings. The van der Waals surface area contributed by atoms with E-state index in [0.717, 1.165) is 5.56 Å². The van der Waals surface area contributed by atoms with Gasteiger partial charge in [-0.05, 0) is 18.6 Å². The van der Waals surface area contributed by atoms with Crippen molar-refractivity contribution < 1.29 is 4.79 Å². The van der Waals surface area contributed by atoms with Gasteiger partial charge in [-0.3, -0.25) is 9.59 Å². The predicted molar refractivity (Wildman–Crippen MR) is 63.3 cm³/mol. The fourth-order valence-corrected chi connectivity index (χ4v) is 1.35. The Bertz CT molecular complexity index is 499. The molecule has 0 aromatic carbocycles.